The number of nitrogens with one attached hydrogen (secondary N) is 2. The van der Waals surface area contributed by atoms with Crippen molar-refractivity contribution in [1.29, 1.82) is 0 Å². The van der Waals surface area contributed by atoms with Crippen molar-refractivity contribution in [3.05, 3.63) is 51.5 Å². The fraction of sp³-hybridized carbons (Fsp3) is 0.647. The number of hydrogen-bond donors (Lipinski definition) is 3. The summed E-state index contributed by atoms with van der Waals surface area (Å²) < 4.78 is 26.9. The Kier molecular flexibility index (Phi) is 18.3. The molecule has 0 aliphatic carbocycles. The third-order valence-corrected chi connectivity index (χ3v) is 8.81. The number of aliphatic hydroxyl groups is 1. The summed E-state index contributed by atoms with van der Waals surface area (Å²) >= 11 is 1.57. The average molecular weight is 734 g/mol. The van der Waals surface area contributed by atoms with E-state index in [1.54, 1.807) is 11.3 Å². The van der Waals surface area contributed by atoms with Crippen LogP contribution in [0.25, 0.3) is 20.9 Å². The SMILES string of the molecule is Cc1ncsc1-c1ccc(CNC(=O)C2CC(O)CN2C(=O)C(NC(=O)COCCOCCOCCOCCOCCN=[N+]=[N-])C(C)(C)C)cc1. The minimum absolute atomic E-state index is 0.0108. The first kappa shape index (κ1) is 41.7. The quantitative estimate of drug-likeness (QED) is 0.0659. The highest BCUT2D eigenvalue weighted by Crippen LogP contribution is 2.28. The van der Waals surface area contributed by atoms with Crippen molar-refractivity contribution in [2.45, 2.75) is 58.8 Å². The maximum Gasteiger partial charge on any atom is 0.246 e. The van der Waals surface area contributed by atoms with Crippen LogP contribution in [0.1, 0.15) is 38.4 Å². The van der Waals surface area contributed by atoms with Crippen LogP contribution in [-0.4, -0.2) is 130 Å². The van der Waals surface area contributed by atoms with Crippen LogP contribution in [0.2, 0.25) is 0 Å². The van der Waals surface area contributed by atoms with Gasteiger partial charge in [0.2, 0.25) is 17.7 Å². The molecule has 1 aliphatic rings. The zero-order chi connectivity index (χ0) is 37.1. The summed E-state index contributed by atoms with van der Waals surface area (Å²) in [7, 11) is 0. The predicted octanol–water partition coefficient (Wildman–Crippen LogP) is 2.62. The highest BCUT2D eigenvalue weighted by atomic mass is 32.1. The van der Waals surface area contributed by atoms with E-state index < -0.39 is 35.4 Å². The molecule has 0 bridgehead atoms. The molecule has 3 atom stereocenters. The van der Waals surface area contributed by atoms with Gasteiger partial charge in [-0.25, -0.2) is 4.98 Å². The van der Waals surface area contributed by atoms with Crippen molar-refractivity contribution in [1.82, 2.24) is 20.5 Å². The van der Waals surface area contributed by atoms with Crippen LogP contribution >= 0.6 is 11.3 Å². The molecule has 1 aliphatic heterocycles. The number of aryl methyl sites for hydroxylation is 1. The minimum Gasteiger partial charge on any atom is -0.391 e. The van der Waals surface area contributed by atoms with Crippen LogP contribution in [0.5, 0.6) is 0 Å². The molecule has 282 valence electrons. The van der Waals surface area contributed by atoms with Crippen LogP contribution in [0.4, 0.5) is 0 Å². The molecular weight excluding hydrogens is 682 g/mol. The van der Waals surface area contributed by atoms with Gasteiger partial charge in [-0.2, -0.15) is 0 Å². The minimum atomic E-state index is -0.953. The number of thiazole rings is 1. The van der Waals surface area contributed by atoms with Gasteiger partial charge in [-0.1, -0.05) is 50.2 Å². The van der Waals surface area contributed by atoms with Crippen LogP contribution in [0.3, 0.4) is 0 Å². The molecule has 1 aromatic carbocycles. The van der Waals surface area contributed by atoms with Gasteiger partial charge >= 0.3 is 0 Å². The molecule has 2 aromatic rings. The van der Waals surface area contributed by atoms with Gasteiger partial charge < -0.3 is 44.3 Å². The molecule has 3 rings (SSSR count). The molecular formula is C34H51N7O9S. The van der Waals surface area contributed by atoms with Crippen LogP contribution < -0.4 is 10.6 Å². The smallest absolute Gasteiger partial charge is 0.246 e. The number of likely N-dealkylation sites (tertiary alicyclic amines) is 1. The van der Waals surface area contributed by atoms with Crippen molar-refractivity contribution >= 4 is 29.1 Å². The lowest BCUT2D eigenvalue weighted by atomic mass is 9.85. The molecule has 17 heteroatoms. The van der Waals surface area contributed by atoms with Crippen LogP contribution in [-0.2, 0) is 44.6 Å². The topological polar surface area (TPSA) is 207 Å². The summed E-state index contributed by atoms with van der Waals surface area (Å²) in [5, 5.41) is 19.5. The zero-order valence-electron chi connectivity index (χ0n) is 29.9. The summed E-state index contributed by atoms with van der Waals surface area (Å²) in [6, 6.07) is 6.02. The summed E-state index contributed by atoms with van der Waals surface area (Å²) in [4.78, 5) is 49.3. The van der Waals surface area contributed by atoms with Crippen LogP contribution in [0, 0.1) is 12.3 Å². The fourth-order valence-electron chi connectivity index (χ4n) is 5.18. The van der Waals surface area contributed by atoms with Crippen LogP contribution in [0.15, 0.2) is 34.9 Å². The van der Waals surface area contributed by atoms with Crippen molar-refractivity contribution in [3.63, 3.8) is 0 Å². The van der Waals surface area contributed by atoms with Gasteiger partial charge in [0.15, 0.2) is 0 Å². The number of aromatic nitrogens is 1. The maximum absolute atomic E-state index is 13.8. The molecule has 16 nitrogen and oxygen atoms in total. The zero-order valence-corrected chi connectivity index (χ0v) is 30.7. The Bertz CT molecular complexity index is 1410. The Morgan fingerprint density at radius 3 is 2.14 bits per heavy atom. The highest BCUT2D eigenvalue weighted by Gasteiger charge is 2.44. The normalized spacial score (nSPS) is 16.5. The molecule has 3 amide bonds. The lowest BCUT2D eigenvalue weighted by Crippen LogP contribution is -2.58. The average Bonchev–Trinajstić information content (AvgIpc) is 3.72. The molecule has 0 saturated carbocycles. The Balaban J connectivity index is 1.34. The van der Waals surface area contributed by atoms with Gasteiger partial charge in [-0.3, -0.25) is 14.4 Å². The molecule has 0 radical (unpaired) electrons. The number of benzene rings is 1. The second-order valence-electron chi connectivity index (χ2n) is 12.9. The first-order chi connectivity index (χ1) is 24.5. The lowest BCUT2D eigenvalue weighted by molar-refractivity contribution is -0.144. The van der Waals surface area contributed by atoms with Gasteiger partial charge in [0.1, 0.15) is 18.7 Å². The number of amides is 3. The monoisotopic (exact) mass is 733 g/mol. The summed E-state index contributed by atoms with van der Waals surface area (Å²) in [5.41, 5.74) is 12.2. The molecule has 3 unspecified atom stereocenters. The second-order valence-corrected chi connectivity index (χ2v) is 13.8. The van der Waals surface area contributed by atoms with Gasteiger partial charge in [0, 0.05) is 31.0 Å². The third-order valence-electron chi connectivity index (χ3n) is 7.83. The number of ether oxygens (including phenoxy) is 5. The number of β-amino-alcohol motifs (C(OH)–C–C–N with tert-alkyl or cyclic N) is 1. The Morgan fingerprint density at radius 1 is 1.00 bits per heavy atom. The predicted molar refractivity (Wildman–Crippen MR) is 190 cm³/mol. The summed E-state index contributed by atoms with van der Waals surface area (Å²) in [6.07, 6.45) is -0.760. The van der Waals surface area contributed by atoms with E-state index in [4.69, 9.17) is 29.2 Å². The standard InChI is InChI=1S/C34H51N7O9S/c1-24-30(51-23-37-24)26-7-5-25(6-8-26)20-36-32(44)28-19-27(42)21-41(28)33(45)31(34(2,3)4)39-29(43)22-50-18-17-49-16-15-48-14-13-47-12-11-46-10-9-38-40-35/h5-8,23,27-28,31,42H,9-22H2,1-4H3,(H,36,44)(H,39,43). The molecule has 1 aromatic heterocycles. The molecule has 1 saturated heterocycles. The molecule has 0 spiro atoms. The summed E-state index contributed by atoms with van der Waals surface area (Å²) in [6.45, 7) is 10.8. The van der Waals surface area contributed by atoms with Crippen molar-refractivity contribution in [2.75, 3.05) is 79.2 Å². The number of azide groups is 1. The van der Waals surface area contributed by atoms with Gasteiger partial charge in [0.05, 0.1) is 81.6 Å². The van der Waals surface area contributed by atoms with E-state index in [0.29, 0.717) is 46.2 Å². The first-order valence-corrected chi connectivity index (χ1v) is 17.8. The fourth-order valence-corrected chi connectivity index (χ4v) is 5.99. The van der Waals surface area contributed by atoms with E-state index in [2.05, 4.69) is 25.6 Å². The van der Waals surface area contributed by atoms with E-state index in [0.717, 1.165) is 21.7 Å². The van der Waals surface area contributed by atoms with Crippen molar-refractivity contribution in [3.8, 4) is 10.4 Å². The number of hydrogen-bond acceptors (Lipinski definition) is 12. The van der Waals surface area contributed by atoms with E-state index in [1.165, 1.54) is 4.90 Å². The van der Waals surface area contributed by atoms with Gasteiger partial charge in [-0.15, -0.1) is 11.3 Å². The second kappa shape index (κ2) is 22.3. The maximum atomic E-state index is 13.8. The summed E-state index contributed by atoms with van der Waals surface area (Å²) in [5.74, 6) is -1.29. The number of aliphatic hydroxyl groups excluding tert-OH is 1. The lowest BCUT2D eigenvalue weighted by Gasteiger charge is -2.35. The van der Waals surface area contributed by atoms with Gasteiger partial charge in [0.25, 0.3) is 0 Å². The number of carbonyl (C=O) groups excluding carboxylic acids is 3. The molecule has 51 heavy (non-hydrogen) atoms. The largest absolute Gasteiger partial charge is 0.391 e. The van der Waals surface area contributed by atoms with E-state index >= 15 is 0 Å². The Morgan fingerprint density at radius 2 is 1.59 bits per heavy atom. The molecule has 1 fully saturated rings. The van der Waals surface area contributed by atoms with Crippen molar-refractivity contribution < 1.29 is 43.2 Å². The van der Waals surface area contributed by atoms with Gasteiger partial charge in [-0.05, 0) is 29.0 Å². The van der Waals surface area contributed by atoms with Crippen molar-refractivity contribution in [2.24, 2.45) is 10.5 Å². The third kappa shape index (κ3) is 14.8. The Hall–Kier alpha value is -3.67. The highest BCUT2D eigenvalue weighted by molar-refractivity contribution is 7.13. The number of rotatable bonds is 23. The van der Waals surface area contributed by atoms with E-state index in [-0.39, 0.29) is 51.8 Å². The molecule has 3 N–H and O–H groups in total. The first-order valence-electron chi connectivity index (χ1n) is 17.0. The molecule has 2 heterocycles. The van der Waals surface area contributed by atoms with E-state index in [9.17, 15) is 19.5 Å². The number of nitrogens with zero attached hydrogens (tertiary/aromatic N) is 5. The number of carbonyl (C=O) groups is 3. The Labute approximate surface area is 302 Å². The van der Waals surface area contributed by atoms with E-state index in [1.807, 2.05) is 57.5 Å².